The number of anilines is 2. The van der Waals surface area contributed by atoms with E-state index < -0.39 is 0 Å². The topological polar surface area (TPSA) is 139 Å². The minimum atomic E-state index is -0.231. The number of hydrogen-bond donors (Lipinski definition) is 3. The molecule has 2 amide bonds. The van der Waals surface area contributed by atoms with Crippen LogP contribution in [-0.4, -0.2) is 41.0 Å². The highest BCUT2D eigenvalue weighted by atomic mass is 35.5. The number of nitrogens with one attached hydrogen (secondary N) is 3. The standard InChI is InChI=1S/C14H11ClN4O.C14H12N4O2/c1-9(20)16-13-8-14-17-11(7-12(15)19(14)18-13)10-5-3-2-4-6-10;1-9(19)15-12-8-13-16-11(7-14(20)18(13)17-12)10-5-3-2-4-6-10/h2-8H,1H3,(H,16,18,20);2-8,17H,1H3,(H,15,19). The lowest BCUT2D eigenvalue weighted by Crippen LogP contribution is -2.15. The first kappa shape index (κ1) is 26.3. The van der Waals surface area contributed by atoms with Crippen molar-refractivity contribution < 1.29 is 9.59 Å². The van der Waals surface area contributed by atoms with Crippen molar-refractivity contribution in [1.82, 2.24) is 29.2 Å². The van der Waals surface area contributed by atoms with Crippen LogP contribution in [0.5, 0.6) is 0 Å². The van der Waals surface area contributed by atoms with Crippen LogP contribution < -0.4 is 16.2 Å². The first-order valence-electron chi connectivity index (χ1n) is 12.1. The molecule has 6 rings (SSSR count). The van der Waals surface area contributed by atoms with Crippen LogP contribution in [0.4, 0.5) is 11.6 Å². The molecule has 2 aromatic carbocycles. The smallest absolute Gasteiger partial charge is 0.273 e. The van der Waals surface area contributed by atoms with E-state index in [0.717, 1.165) is 16.8 Å². The number of rotatable bonds is 4. The van der Waals surface area contributed by atoms with E-state index in [-0.39, 0.29) is 17.4 Å². The van der Waals surface area contributed by atoms with E-state index in [1.165, 1.54) is 28.9 Å². The average Bonchev–Trinajstić information content (AvgIpc) is 3.53. The predicted octanol–water partition coefficient (Wildman–Crippen LogP) is 4.66. The number of benzene rings is 2. The van der Waals surface area contributed by atoms with Crippen LogP contribution in [0.25, 0.3) is 33.8 Å². The number of hydrogen-bond acceptors (Lipinski definition) is 6. The normalized spacial score (nSPS) is 10.7. The lowest BCUT2D eigenvalue weighted by Gasteiger charge is -2.02. The Labute approximate surface area is 232 Å². The van der Waals surface area contributed by atoms with Gasteiger partial charge in [-0.2, -0.15) is 4.52 Å². The lowest BCUT2D eigenvalue weighted by atomic mass is 10.1. The fourth-order valence-corrected chi connectivity index (χ4v) is 4.17. The highest BCUT2D eigenvalue weighted by molar-refractivity contribution is 6.30. The first-order valence-corrected chi connectivity index (χ1v) is 12.5. The zero-order valence-corrected chi connectivity index (χ0v) is 22.2. The summed E-state index contributed by atoms with van der Waals surface area (Å²) in [5, 5.41) is 12.6. The quantitative estimate of drug-likeness (QED) is 0.271. The molecule has 3 N–H and O–H groups in total. The zero-order valence-electron chi connectivity index (χ0n) is 21.4. The number of fused-ring (bicyclic) bond motifs is 2. The Hall–Kier alpha value is -5.29. The van der Waals surface area contributed by atoms with E-state index >= 15 is 0 Å². The SMILES string of the molecule is CC(=O)Nc1cc2nc(-c3ccccc3)cc(=O)n2[nH]1.CC(=O)Nc1cc2nc(-c3ccccc3)cc(Cl)n2n1. The molecule has 0 unspecified atom stereocenters. The summed E-state index contributed by atoms with van der Waals surface area (Å²) in [5.41, 5.74) is 4.01. The Morgan fingerprint density at radius 2 is 1.35 bits per heavy atom. The minimum Gasteiger partial charge on any atom is -0.311 e. The molecule has 0 spiro atoms. The third-order valence-electron chi connectivity index (χ3n) is 5.59. The molecule has 12 heteroatoms. The first-order chi connectivity index (χ1) is 19.3. The van der Waals surface area contributed by atoms with E-state index in [1.807, 2.05) is 60.7 Å². The number of carbonyl (C=O) groups is 2. The maximum Gasteiger partial charge on any atom is 0.273 e. The number of aromatic nitrogens is 6. The van der Waals surface area contributed by atoms with Gasteiger partial charge >= 0.3 is 0 Å². The zero-order chi connectivity index (χ0) is 28.2. The van der Waals surface area contributed by atoms with Crippen LogP contribution in [0.3, 0.4) is 0 Å². The lowest BCUT2D eigenvalue weighted by molar-refractivity contribution is -0.115. The molecule has 0 saturated heterocycles. The summed E-state index contributed by atoms with van der Waals surface area (Å²) in [6.07, 6.45) is 0. The second kappa shape index (κ2) is 11.2. The van der Waals surface area contributed by atoms with E-state index in [9.17, 15) is 14.4 Å². The number of nitrogens with zero attached hydrogens (tertiary/aromatic N) is 5. The second-order valence-electron chi connectivity index (χ2n) is 8.70. The molecule has 0 saturated carbocycles. The van der Waals surface area contributed by atoms with E-state index in [1.54, 1.807) is 18.2 Å². The Morgan fingerprint density at radius 3 is 1.95 bits per heavy atom. The van der Waals surface area contributed by atoms with Gasteiger partial charge in [0.15, 0.2) is 17.1 Å². The van der Waals surface area contributed by atoms with Crippen molar-refractivity contribution in [3.63, 3.8) is 0 Å². The molecule has 4 heterocycles. The van der Waals surface area contributed by atoms with Gasteiger partial charge in [-0.3, -0.25) is 19.5 Å². The van der Waals surface area contributed by atoms with Crippen LogP contribution in [0.2, 0.25) is 5.15 Å². The maximum absolute atomic E-state index is 12.1. The van der Waals surface area contributed by atoms with Crippen LogP contribution in [0.15, 0.2) is 89.7 Å². The van der Waals surface area contributed by atoms with Crippen molar-refractivity contribution in [1.29, 1.82) is 0 Å². The molecule has 6 aromatic rings. The molecule has 0 bridgehead atoms. The van der Waals surface area contributed by atoms with Gasteiger partial charge in [-0.05, 0) is 0 Å². The molecular formula is C28H23ClN8O3. The Bertz CT molecular complexity index is 1900. The third-order valence-corrected chi connectivity index (χ3v) is 5.86. The summed E-state index contributed by atoms with van der Waals surface area (Å²) in [6, 6.07) is 25.7. The molecule has 0 aliphatic rings. The molecule has 0 atom stereocenters. The molecule has 0 radical (unpaired) electrons. The van der Waals surface area contributed by atoms with Gasteiger partial charge in [-0.25, -0.2) is 14.5 Å². The highest BCUT2D eigenvalue weighted by Crippen LogP contribution is 2.23. The minimum absolute atomic E-state index is 0.187. The number of H-pyrrole nitrogens is 1. The molecule has 11 nitrogen and oxygen atoms in total. The molecule has 40 heavy (non-hydrogen) atoms. The summed E-state index contributed by atoms with van der Waals surface area (Å²) < 4.78 is 2.77. The summed E-state index contributed by atoms with van der Waals surface area (Å²) in [5.74, 6) is 0.463. The average molecular weight is 555 g/mol. The molecule has 0 fully saturated rings. The number of amides is 2. The van der Waals surface area contributed by atoms with Crippen LogP contribution in [-0.2, 0) is 9.59 Å². The van der Waals surface area contributed by atoms with Crippen molar-refractivity contribution in [3.8, 4) is 22.5 Å². The van der Waals surface area contributed by atoms with Gasteiger partial charge in [-0.1, -0.05) is 72.3 Å². The monoisotopic (exact) mass is 554 g/mol. The highest BCUT2D eigenvalue weighted by Gasteiger charge is 2.11. The third kappa shape index (κ3) is 5.89. The number of halogens is 1. The Kier molecular flexibility index (Phi) is 7.38. The van der Waals surface area contributed by atoms with Gasteiger partial charge < -0.3 is 10.6 Å². The van der Waals surface area contributed by atoms with Crippen molar-refractivity contribution in [2.24, 2.45) is 0 Å². The van der Waals surface area contributed by atoms with E-state index in [2.05, 4.69) is 30.8 Å². The van der Waals surface area contributed by atoms with Crippen molar-refractivity contribution in [2.45, 2.75) is 13.8 Å². The van der Waals surface area contributed by atoms with Gasteiger partial charge in [0.2, 0.25) is 11.8 Å². The molecule has 200 valence electrons. The van der Waals surface area contributed by atoms with Gasteiger partial charge in [0.05, 0.1) is 11.4 Å². The molecule has 4 aromatic heterocycles. The fourth-order valence-electron chi connectivity index (χ4n) is 3.94. The molecule has 0 aliphatic carbocycles. The summed E-state index contributed by atoms with van der Waals surface area (Å²) in [7, 11) is 0. The molecular weight excluding hydrogens is 532 g/mol. The molecule has 0 aliphatic heterocycles. The van der Waals surface area contributed by atoms with Gasteiger partial charge in [0.25, 0.3) is 5.56 Å². The summed E-state index contributed by atoms with van der Waals surface area (Å²) >= 11 is 6.21. The largest absolute Gasteiger partial charge is 0.311 e. The summed E-state index contributed by atoms with van der Waals surface area (Å²) in [4.78, 5) is 43.0. The van der Waals surface area contributed by atoms with Gasteiger partial charge in [0.1, 0.15) is 11.0 Å². The van der Waals surface area contributed by atoms with Gasteiger partial charge in [-0.15, -0.1) is 5.10 Å². The van der Waals surface area contributed by atoms with Gasteiger partial charge in [0, 0.05) is 49.2 Å². The number of aromatic amines is 1. The van der Waals surface area contributed by atoms with Crippen molar-refractivity contribution in [3.05, 3.63) is 100 Å². The second-order valence-corrected chi connectivity index (χ2v) is 9.09. The van der Waals surface area contributed by atoms with Crippen LogP contribution in [0, 0.1) is 0 Å². The number of carbonyl (C=O) groups excluding carboxylic acids is 2. The Balaban J connectivity index is 0.000000161. The fraction of sp³-hybridized carbons (Fsp3) is 0.0714. The van der Waals surface area contributed by atoms with Crippen molar-refractivity contribution >= 4 is 46.3 Å². The van der Waals surface area contributed by atoms with Crippen LogP contribution in [0.1, 0.15) is 13.8 Å². The van der Waals surface area contributed by atoms with Crippen LogP contribution >= 0.6 is 11.6 Å². The summed E-state index contributed by atoms with van der Waals surface area (Å²) in [6.45, 7) is 2.82. The Morgan fingerprint density at radius 1 is 0.775 bits per heavy atom. The predicted molar refractivity (Wildman–Crippen MR) is 153 cm³/mol. The van der Waals surface area contributed by atoms with Crippen molar-refractivity contribution in [2.75, 3.05) is 10.6 Å². The van der Waals surface area contributed by atoms with E-state index in [4.69, 9.17) is 11.6 Å². The van der Waals surface area contributed by atoms with E-state index in [0.29, 0.717) is 33.8 Å². The maximum atomic E-state index is 12.1.